The lowest BCUT2D eigenvalue weighted by molar-refractivity contribution is -0.107. The lowest BCUT2D eigenvalue weighted by atomic mass is 10.1. The van der Waals surface area contributed by atoms with Crippen molar-refractivity contribution in [1.82, 2.24) is 0 Å². The average molecular weight is 301 g/mol. The number of allylic oxidation sites excluding steroid dienone is 2. The van der Waals surface area contributed by atoms with Gasteiger partial charge in [-0.2, -0.15) is 0 Å². The number of hydrogen-bond donors (Lipinski definition) is 0. The Balaban J connectivity index is 3.10. The van der Waals surface area contributed by atoms with E-state index >= 15 is 0 Å². The van der Waals surface area contributed by atoms with E-state index in [4.69, 9.17) is 11.6 Å². The van der Waals surface area contributed by atoms with E-state index in [0.29, 0.717) is 0 Å². The van der Waals surface area contributed by atoms with Crippen molar-refractivity contribution in [2.75, 3.05) is 0 Å². The van der Waals surface area contributed by atoms with Crippen LogP contribution in [0.4, 0.5) is 0 Å². The molecule has 0 aromatic carbocycles. The van der Waals surface area contributed by atoms with Gasteiger partial charge in [0.15, 0.2) is 0 Å². The number of halogens is 1. The van der Waals surface area contributed by atoms with Crippen molar-refractivity contribution in [2.45, 2.75) is 95.8 Å². The Kier molecular flexibility index (Phi) is 16.5. The topological polar surface area (TPSA) is 17.1 Å². The molecule has 0 saturated heterocycles. The molecule has 0 spiro atoms. The number of hydrogen-bond acceptors (Lipinski definition) is 1. The van der Waals surface area contributed by atoms with Crippen molar-refractivity contribution in [3.8, 4) is 0 Å². The molecule has 0 aliphatic carbocycles. The zero-order valence-electron chi connectivity index (χ0n) is 13.3. The summed E-state index contributed by atoms with van der Waals surface area (Å²) >= 11 is 5.74. The molecule has 0 radical (unpaired) electrons. The minimum Gasteiger partial charge on any atom is -0.302 e. The molecule has 0 aliphatic rings. The molecule has 1 atom stereocenters. The van der Waals surface area contributed by atoms with Crippen LogP contribution in [0.3, 0.4) is 0 Å². The fourth-order valence-electron chi connectivity index (χ4n) is 2.30. The summed E-state index contributed by atoms with van der Waals surface area (Å²) in [6.45, 7) is 2.26. The molecule has 0 saturated carbocycles. The SMILES string of the molecule is CCCCCCCC/C=C\CCCCCCC(Cl)C=O. The van der Waals surface area contributed by atoms with E-state index < -0.39 is 0 Å². The smallest absolute Gasteiger partial charge is 0.137 e. The third-order valence-corrected chi connectivity index (χ3v) is 3.96. The Morgan fingerprint density at radius 1 is 0.800 bits per heavy atom. The average Bonchev–Trinajstić information content (AvgIpc) is 2.47. The predicted octanol–water partition coefficient (Wildman–Crippen LogP) is 6.44. The molecule has 0 bridgehead atoms. The highest BCUT2D eigenvalue weighted by Crippen LogP contribution is 2.11. The summed E-state index contributed by atoms with van der Waals surface area (Å²) in [5.74, 6) is 0. The normalized spacial score (nSPS) is 12.9. The van der Waals surface area contributed by atoms with E-state index in [-0.39, 0.29) is 5.38 Å². The van der Waals surface area contributed by atoms with Crippen LogP contribution < -0.4 is 0 Å². The van der Waals surface area contributed by atoms with Crippen molar-refractivity contribution < 1.29 is 4.79 Å². The van der Waals surface area contributed by atoms with Crippen molar-refractivity contribution >= 4 is 17.9 Å². The van der Waals surface area contributed by atoms with Crippen LogP contribution in [0, 0.1) is 0 Å². The standard InChI is InChI=1S/C18H33ClO/c1-2-3-4-5-6-7-8-9-10-11-12-13-14-15-16-18(19)17-20/h9-10,17-18H,2-8,11-16H2,1H3/b10-9-. The van der Waals surface area contributed by atoms with Gasteiger partial charge in [0.1, 0.15) is 6.29 Å². The van der Waals surface area contributed by atoms with Crippen LogP contribution in [0.25, 0.3) is 0 Å². The van der Waals surface area contributed by atoms with Gasteiger partial charge in [0, 0.05) is 0 Å². The van der Waals surface area contributed by atoms with Crippen LogP contribution in [0.15, 0.2) is 12.2 Å². The fraction of sp³-hybridized carbons (Fsp3) is 0.833. The van der Waals surface area contributed by atoms with Crippen molar-refractivity contribution in [2.24, 2.45) is 0 Å². The number of rotatable bonds is 15. The second-order valence-electron chi connectivity index (χ2n) is 5.67. The van der Waals surface area contributed by atoms with Gasteiger partial charge in [-0.25, -0.2) is 0 Å². The van der Waals surface area contributed by atoms with Gasteiger partial charge in [0.25, 0.3) is 0 Å². The lowest BCUT2D eigenvalue weighted by Crippen LogP contribution is -1.98. The Bertz CT molecular complexity index is 225. The molecule has 0 fully saturated rings. The molecule has 0 rings (SSSR count). The summed E-state index contributed by atoms with van der Waals surface area (Å²) in [7, 11) is 0. The number of alkyl halides is 1. The molecule has 0 aromatic rings. The highest BCUT2D eigenvalue weighted by Gasteiger charge is 2.00. The highest BCUT2D eigenvalue weighted by molar-refractivity contribution is 6.27. The van der Waals surface area contributed by atoms with E-state index in [2.05, 4.69) is 19.1 Å². The van der Waals surface area contributed by atoms with Crippen molar-refractivity contribution in [3.63, 3.8) is 0 Å². The van der Waals surface area contributed by atoms with Crippen LogP contribution in [-0.4, -0.2) is 11.7 Å². The van der Waals surface area contributed by atoms with E-state index in [1.165, 1.54) is 70.6 Å². The van der Waals surface area contributed by atoms with Gasteiger partial charge >= 0.3 is 0 Å². The zero-order chi connectivity index (χ0) is 14.9. The molecule has 2 heteroatoms. The summed E-state index contributed by atoms with van der Waals surface area (Å²) in [4.78, 5) is 10.3. The van der Waals surface area contributed by atoms with Gasteiger partial charge in [-0.1, -0.05) is 70.4 Å². The van der Waals surface area contributed by atoms with Crippen molar-refractivity contribution in [1.29, 1.82) is 0 Å². The minimum atomic E-state index is -0.271. The maximum Gasteiger partial charge on any atom is 0.137 e. The molecule has 20 heavy (non-hydrogen) atoms. The third-order valence-electron chi connectivity index (χ3n) is 3.64. The lowest BCUT2D eigenvalue weighted by Gasteiger charge is -2.01. The number of carbonyl (C=O) groups is 1. The summed E-state index contributed by atoms with van der Waals surface area (Å²) in [5.41, 5.74) is 0. The second-order valence-corrected chi connectivity index (χ2v) is 6.23. The van der Waals surface area contributed by atoms with Gasteiger partial charge in [-0.05, 0) is 32.1 Å². The van der Waals surface area contributed by atoms with Crippen LogP contribution in [-0.2, 0) is 4.79 Å². The fourth-order valence-corrected chi connectivity index (χ4v) is 2.46. The predicted molar refractivity (Wildman–Crippen MR) is 90.5 cm³/mol. The summed E-state index contributed by atoms with van der Waals surface area (Å²) in [6.07, 6.45) is 21.9. The summed E-state index contributed by atoms with van der Waals surface area (Å²) in [5, 5.41) is -0.271. The Morgan fingerprint density at radius 2 is 1.30 bits per heavy atom. The first-order valence-corrected chi connectivity index (χ1v) is 8.99. The largest absolute Gasteiger partial charge is 0.302 e. The van der Waals surface area contributed by atoms with Crippen LogP contribution in [0.2, 0.25) is 0 Å². The number of carbonyl (C=O) groups excluding carboxylic acids is 1. The van der Waals surface area contributed by atoms with Gasteiger partial charge < -0.3 is 4.79 Å². The molecular weight excluding hydrogens is 268 g/mol. The first-order chi connectivity index (χ1) is 9.81. The van der Waals surface area contributed by atoms with Crippen LogP contribution in [0.1, 0.15) is 90.4 Å². The van der Waals surface area contributed by atoms with Gasteiger partial charge in [-0.3, -0.25) is 0 Å². The summed E-state index contributed by atoms with van der Waals surface area (Å²) < 4.78 is 0. The molecule has 118 valence electrons. The van der Waals surface area contributed by atoms with Gasteiger partial charge in [0.2, 0.25) is 0 Å². The Labute approximate surface area is 131 Å². The quantitative estimate of drug-likeness (QED) is 0.147. The monoisotopic (exact) mass is 300 g/mol. The molecule has 0 N–H and O–H groups in total. The minimum absolute atomic E-state index is 0.271. The molecule has 1 nitrogen and oxygen atoms in total. The zero-order valence-corrected chi connectivity index (χ0v) is 14.0. The van der Waals surface area contributed by atoms with Gasteiger partial charge in [0.05, 0.1) is 5.38 Å². The maximum absolute atomic E-state index is 10.3. The van der Waals surface area contributed by atoms with E-state index in [1.807, 2.05) is 0 Å². The third kappa shape index (κ3) is 15.8. The van der Waals surface area contributed by atoms with E-state index in [0.717, 1.165) is 19.1 Å². The van der Waals surface area contributed by atoms with E-state index in [1.54, 1.807) is 0 Å². The second kappa shape index (κ2) is 16.8. The first kappa shape index (κ1) is 19.7. The molecule has 0 aliphatic heterocycles. The molecule has 0 amide bonds. The van der Waals surface area contributed by atoms with Gasteiger partial charge in [-0.15, -0.1) is 11.6 Å². The van der Waals surface area contributed by atoms with E-state index in [9.17, 15) is 4.79 Å². The number of aldehydes is 1. The number of unbranched alkanes of at least 4 members (excludes halogenated alkanes) is 10. The molecule has 0 heterocycles. The first-order valence-electron chi connectivity index (χ1n) is 8.55. The van der Waals surface area contributed by atoms with Crippen LogP contribution >= 0.6 is 11.6 Å². The highest BCUT2D eigenvalue weighted by atomic mass is 35.5. The summed E-state index contributed by atoms with van der Waals surface area (Å²) in [6, 6.07) is 0. The van der Waals surface area contributed by atoms with Crippen LogP contribution in [0.5, 0.6) is 0 Å². The Morgan fingerprint density at radius 3 is 1.85 bits per heavy atom. The van der Waals surface area contributed by atoms with Crippen molar-refractivity contribution in [3.05, 3.63) is 12.2 Å². The Hall–Kier alpha value is -0.300. The maximum atomic E-state index is 10.3. The molecular formula is C18H33ClO. The molecule has 1 unspecified atom stereocenters. The molecule has 0 aromatic heterocycles.